The summed E-state index contributed by atoms with van der Waals surface area (Å²) in [6.07, 6.45) is 8.38. The van der Waals surface area contributed by atoms with Gasteiger partial charge in [-0.2, -0.15) is 5.10 Å². The Bertz CT molecular complexity index is 463. The molecule has 114 valence electrons. The van der Waals surface area contributed by atoms with E-state index in [4.69, 9.17) is 0 Å². The molecule has 2 N–H and O–H groups in total. The van der Waals surface area contributed by atoms with Gasteiger partial charge < -0.3 is 5.32 Å². The van der Waals surface area contributed by atoms with Gasteiger partial charge >= 0.3 is 6.03 Å². The van der Waals surface area contributed by atoms with Crippen molar-refractivity contribution in [2.24, 2.45) is 5.10 Å². The summed E-state index contributed by atoms with van der Waals surface area (Å²) >= 11 is 0. The number of urea groups is 1. The van der Waals surface area contributed by atoms with E-state index in [9.17, 15) is 13.2 Å². The molecule has 1 heterocycles. The number of nitrogens with one attached hydrogen (secondary N) is 2. The van der Waals surface area contributed by atoms with Crippen molar-refractivity contribution < 1.29 is 13.2 Å². The van der Waals surface area contributed by atoms with Crippen molar-refractivity contribution in [3.05, 3.63) is 0 Å². The molecule has 2 amide bonds. The maximum atomic E-state index is 11.7. The van der Waals surface area contributed by atoms with Crippen LogP contribution in [0.3, 0.4) is 0 Å². The Kier molecular flexibility index (Phi) is 5.39. The number of carbonyl (C=O) groups is 1. The minimum absolute atomic E-state index is 0.0387. The molecule has 0 aromatic rings. The van der Waals surface area contributed by atoms with Crippen molar-refractivity contribution in [2.45, 2.75) is 57.4 Å². The molecule has 7 heteroatoms. The number of sulfone groups is 1. The smallest absolute Gasteiger partial charge is 0.333 e. The highest BCUT2D eigenvalue weighted by Gasteiger charge is 2.28. The molecule has 1 atom stereocenters. The molecule has 0 aromatic carbocycles. The first kappa shape index (κ1) is 15.3. The maximum absolute atomic E-state index is 11.7. The van der Waals surface area contributed by atoms with Gasteiger partial charge in [0.05, 0.1) is 11.5 Å². The maximum Gasteiger partial charge on any atom is 0.335 e. The normalized spacial score (nSPS) is 26.4. The molecule has 1 saturated heterocycles. The molecule has 0 spiro atoms. The molecule has 1 aliphatic heterocycles. The highest BCUT2D eigenvalue weighted by molar-refractivity contribution is 7.91. The van der Waals surface area contributed by atoms with Crippen LogP contribution in [0.5, 0.6) is 0 Å². The van der Waals surface area contributed by atoms with E-state index in [2.05, 4.69) is 15.8 Å². The topological polar surface area (TPSA) is 87.6 Å². The van der Waals surface area contributed by atoms with Gasteiger partial charge in [-0.1, -0.05) is 19.3 Å². The van der Waals surface area contributed by atoms with E-state index in [0.717, 1.165) is 31.4 Å². The zero-order valence-electron chi connectivity index (χ0n) is 11.7. The molecular weight excluding hydrogens is 278 g/mol. The van der Waals surface area contributed by atoms with Crippen LogP contribution in [0.2, 0.25) is 0 Å². The predicted molar refractivity (Wildman–Crippen MR) is 78.5 cm³/mol. The lowest BCUT2D eigenvalue weighted by Crippen LogP contribution is -2.41. The zero-order valence-corrected chi connectivity index (χ0v) is 12.5. The summed E-state index contributed by atoms with van der Waals surface area (Å²) < 4.78 is 22.6. The summed E-state index contributed by atoms with van der Waals surface area (Å²) in [5, 5.41) is 6.83. The molecular formula is C13H23N3O3S. The Labute approximate surface area is 120 Å². The van der Waals surface area contributed by atoms with E-state index >= 15 is 0 Å². The first-order valence-electron chi connectivity index (χ1n) is 7.37. The molecule has 0 radical (unpaired) electrons. The van der Waals surface area contributed by atoms with Crippen LogP contribution in [0.15, 0.2) is 5.10 Å². The van der Waals surface area contributed by atoms with Gasteiger partial charge in [0.25, 0.3) is 0 Å². The highest BCUT2D eigenvalue weighted by atomic mass is 32.2. The SMILES string of the molecule is O=C(NN=C1CCCCCCC1)N[C@H]1CCS(=O)(=O)C1. The average Bonchev–Trinajstić information content (AvgIpc) is 2.67. The van der Waals surface area contributed by atoms with Gasteiger partial charge in [-0.05, 0) is 32.1 Å². The second-order valence-electron chi connectivity index (χ2n) is 5.63. The van der Waals surface area contributed by atoms with Crippen molar-refractivity contribution >= 4 is 21.6 Å². The van der Waals surface area contributed by atoms with Crippen LogP contribution in [0, 0.1) is 0 Å². The fourth-order valence-corrected chi connectivity index (χ4v) is 4.35. The molecule has 2 rings (SSSR count). The van der Waals surface area contributed by atoms with Gasteiger partial charge in [-0.25, -0.2) is 18.6 Å². The Morgan fingerprint density at radius 2 is 1.75 bits per heavy atom. The van der Waals surface area contributed by atoms with E-state index < -0.39 is 15.9 Å². The van der Waals surface area contributed by atoms with Gasteiger partial charge in [0.2, 0.25) is 0 Å². The third-order valence-corrected chi connectivity index (χ3v) is 5.58. The Hall–Kier alpha value is -1.11. The summed E-state index contributed by atoms with van der Waals surface area (Å²) in [5.74, 6) is 0.198. The summed E-state index contributed by atoms with van der Waals surface area (Å²) in [6, 6.07) is -0.681. The molecule has 2 fully saturated rings. The van der Waals surface area contributed by atoms with E-state index in [0.29, 0.717) is 6.42 Å². The van der Waals surface area contributed by atoms with E-state index in [1.807, 2.05) is 0 Å². The van der Waals surface area contributed by atoms with Crippen LogP contribution in [-0.2, 0) is 9.84 Å². The zero-order chi connectivity index (χ0) is 14.4. The van der Waals surface area contributed by atoms with Crippen molar-refractivity contribution in [1.82, 2.24) is 10.7 Å². The van der Waals surface area contributed by atoms with Crippen molar-refractivity contribution in [1.29, 1.82) is 0 Å². The largest absolute Gasteiger partial charge is 0.335 e. The summed E-state index contributed by atoms with van der Waals surface area (Å²) in [6.45, 7) is 0. The number of rotatable bonds is 2. The molecule has 0 aromatic heterocycles. The van der Waals surface area contributed by atoms with Crippen LogP contribution in [0.25, 0.3) is 0 Å². The van der Waals surface area contributed by atoms with Gasteiger partial charge in [0.1, 0.15) is 0 Å². The number of amides is 2. The summed E-state index contributed by atoms with van der Waals surface area (Å²) in [5.41, 5.74) is 3.54. The minimum Gasteiger partial charge on any atom is -0.333 e. The molecule has 0 bridgehead atoms. The Morgan fingerprint density at radius 1 is 1.10 bits per heavy atom. The van der Waals surface area contributed by atoms with Crippen molar-refractivity contribution in [3.8, 4) is 0 Å². The number of nitrogens with zero attached hydrogens (tertiary/aromatic N) is 1. The predicted octanol–water partition coefficient (Wildman–Crippen LogP) is 1.57. The number of hydrogen-bond acceptors (Lipinski definition) is 4. The lowest BCUT2D eigenvalue weighted by molar-refractivity contribution is 0.238. The van der Waals surface area contributed by atoms with E-state index in [1.165, 1.54) is 19.3 Å². The van der Waals surface area contributed by atoms with E-state index in [-0.39, 0.29) is 17.5 Å². The lowest BCUT2D eigenvalue weighted by atomic mass is 9.99. The van der Waals surface area contributed by atoms with Crippen LogP contribution < -0.4 is 10.7 Å². The van der Waals surface area contributed by atoms with Gasteiger partial charge in [-0.3, -0.25) is 0 Å². The fraction of sp³-hybridized carbons (Fsp3) is 0.846. The van der Waals surface area contributed by atoms with Gasteiger partial charge in [0.15, 0.2) is 9.84 Å². The standard InChI is InChI=1S/C13H23N3O3S/c17-13(14-12-8-9-20(18,19)10-12)16-15-11-6-4-2-1-3-5-7-11/h12H,1-10H2,(H2,14,16,17)/t12-/m0/s1. The number of hydrogen-bond donors (Lipinski definition) is 2. The van der Waals surface area contributed by atoms with Gasteiger partial charge in [-0.15, -0.1) is 0 Å². The highest BCUT2D eigenvalue weighted by Crippen LogP contribution is 2.14. The first-order valence-corrected chi connectivity index (χ1v) is 9.20. The van der Waals surface area contributed by atoms with Crippen LogP contribution in [0.4, 0.5) is 4.79 Å². The lowest BCUT2D eigenvalue weighted by Gasteiger charge is -2.12. The molecule has 0 unspecified atom stereocenters. The molecule has 20 heavy (non-hydrogen) atoms. The Balaban J connectivity index is 1.76. The monoisotopic (exact) mass is 301 g/mol. The second kappa shape index (κ2) is 7.06. The second-order valence-corrected chi connectivity index (χ2v) is 7.86. The Morgan fingerprint density at radius 3 is 2.35 bits per heavy atom. The first-order chi connectivity index (χ1) is 9.55. The summed E-state index contributed by atoms with van der Waals surface area (Å²) in [4.78, 5) is 11.7. The van der Waals surface area contributed by atoms with E-state index in [1.54, 1.807) is 0 Å². The fourth-order valence-electron chi connectivity index (χ4n) is 2.68. The van der Waals surface area contributed by atoms with Crippen LogP contribution >= 0.6 is 0 Å². The van der Waals surface area contributed by atoms with Crippen LogP contribution in [-0.4, -0.2) is 37.7 Å². The van der Waals surface area contributed by atoms with Gasteiger partial charge in [0, 0.05) is 11.8 Å². The molecule has 1 aliphatic carbocycles. The molecule has 6 nitrogen and oxygen atoms in total. The molecule has 2 aliphatic rings. The third-order valence-electron chi connectivity index (χ3n) is 3.81. The minimum atomic E-state index is -2.96. The average molecular weight is 301 g/mol. The van der Waals surface area contributed by atoms with Crippen LogP contribution in [0.1, 0.15) is 51.4 Å². The number of carbonyl (C=O) groups excluding carboxylic acids is 1. The summed E-state index contributed by atoms with van der Waals surface area (Å²) in [7, 11) is -2.96. The van der Waals surface area contributed by atoms with Crippen molar-refractivity contribution in [3.63, 3.8) is 0 Å². The van der Waals surface area contributed by atoms with Crippen molar-refractivity contribution in [2.75, 3.05) is 11.5 Å². The number of hydrazone groups is 1. The molecule has 1 saturated carbocycles. The third kappa shape index (κ3) is 5.11. The quantitative estimate of drug-likeness (QED) is 0.759.